The van der Waals surface area contributed by atoms with Gasteiger partial charge < -0.3 is 5.32 Å². The summed E-state index contributed by atoms with van der Waals surface area (Å²) in [6.45, 7) is 10.5. The zero-order valence-electron chi connectivity index (χ0n) is 8.93. The summed E-state index contributed by atoms with van der Waals surface area (Å²) in [5.74, 6) is 2.57. The molecular formula is C11H24LiN. The van der Waals surface area contributed by atoms with Gasteiger partial charge in [0.15, 0.2) is 0 Å². The monoisotopic (exact) mass is 177 g/mol. The van der Waals surface area contributed by atoms with Gasteiger partial charge in [0.05, 0.1) is 0 Å². The minimum absolute atomic E-state index is 0. The number of nitrogens with one attached hydrogen (secondary N) is 1. The van der Waals surface area contributed by atoms with Gasteiger partial charge in [-0.1, -0.05) is 27.7 Å². The van der Waals surface area contributed by atoms with E-state index in [2.05, 4.69) is 33.0 Å². The normalized spacial score (nSPS) is 29.1. The van der Waals surface area contributed by atoms with Gasteiger partial charge in [0.25, 0.3) is 0 Å². The summed E-state index contributed by atoms with van der Waals surface area (Å²) >= 11 is 0. The van der Waals surface area contributed by atoms with Gasteiger partial charge in [-0.15, -0.1) is 0 Å². The Labute approximate surface area is 95.2 Å². The molecule has 0 saturated carbocycles. The molecule has 0 aromatic rings. The van der Waals surface area contributed by atoms with Crippen LogP contribution in [-0.2, 0) is 0 Å². The number of hydrogen-bond acceptors (Lipinski definition) is 1. The standard InChI is InChI=1S/C11H23N.Li.H/c1-8(2)10-5-6-11(9(3)4)12-7-10;;/h8-12H,5-7H2,1-4H3;;. The van der Waals surface area contributed by atoms with Crippen molar-refractivity contribution in [2.45, 2.75) is 46.6 Å². The summed E-state index contributed by atoms with van der Waals surface area (Å²) < 4.78 is 0. The van der Waals surface area contributed by atoms with Gasteiger partial charge in [-0.2, -0.15) is 0 Å². The molecule has 13 heavy (non-hydrogen) atoms. The molecule has 2 unspecified atom stereocenters. The van der Waals surface area contributed by atoms with Gasteiger partial charge in [0, 0.05) is 6.04 Å². The van der Waals surface area contributed by atoms with E-state index in [9.17, 15) is 0 Å². The molecule has 1 saturated heterocycles. The maximum absolute atomic E-state index is 3.65. The van der Waals surface area contributed by atoms with Crippen molar-refractivity contribution in [3.63, 3.8) is 0 Å². The molecule has 1 heterocycles. The topological polar surface area (TPSA) is 12.0 Å². The SMILES string of the molecule is CC(C)C1CCC(C(C)C)NC1.[LiH]. The molecule has 0 aromatic carbocycles. The Morgan fingerprint density at radius 1 is 1.00 bits per heavy atom. The van der Waals surface area contributed by atoms with Crippen molar-refractivity contribution >= 4 is 18.9 Å². The molecular weight excluding hydrogens is 153 g/mol. The van der Waals surface area contributed by atoms with E-state index in [1.165, 1.54) is 19.4 Å². The molecule has 1 rings (SSSR count). The van der Waals surface area contributed by atoms with Crippen LogP contribution in [0.2, 0.25) is 0 Å². The maximum atomic E-state index is 3.65. The molecule has 2 heteroatoms. The van der Waals surface area contributed by atoms with Crippen molar-refractivity contribution in [1.29, 1.82) is 0 Å². The first-order valence-corrected chi connectivity index (χ1v) is 5.34. The molecule has 1 nitrogen and oxygen atoms in total. The van der Waals surface area contributed by atoms with Crippen LogP contribution in [0.25, 0.3) is 0 Å². The van der Waals surface area contributed by atoms with E-state index in [4.69, 9.17) is 0 Å². The van der Waals surface area contributed by atoms with Crippen LogP contribution in [0, 0.1) is 17.8 Å². The molecule has 0 aliphatic carbocycles. The molecule has 2 atom stereocenters. The first-order valence-electron chi connectivity index (χ1n) is 5.34. The van der Waals surface area contributed by atoms with Gasteiger partial charge in [0.2, 0.25) is 0 Å². The Bertz CT molecular complexity index is 110. The van der Waals surface area contributed by atoms with Crippen molar-refractivity contribution in [1.82, 2.24) is 5.32 Å². The van der Waals surface area contributed by atoms with Crippen LogP contribution < -0.4 is 5.32 Å². The average molecular weight is 177 g/mol. The summed E-state index contributed by atoms with van der Waals surface area (Å²) in [5.41, 5.74) is 0. The molecule has 0 amide bonds. The van der Waals surface area contributed by atoms with Crippen molar-refractivity contribution in [3.8, 4) is 0 Å². The summed E-state index contributed by atoms with van der Waals surface area (Å²) in [6, 6.07) is 0.778. The average Bonchev–Trinajstić information content (AvgIpc) is 2.04. The predicted molar refractivity (Wildman–Crippen MR) is 61.3 cm³/mol. The Balaban J connectivity index is 0.00000144. The first kappa shape index (κ1) is 13.6. The number of piperidine rings is 1. The second kappa shape index (κ2) is 6.12. The molecule has 1 aliphatic heterocycles. The van der Waals surface area contributed by atoms with Crippen LogP contribution in [0.3, 0.4) is 0 Å². The predicted octanol–water partition coefficient (Wildman–Crippen LogP) is 2.02. The Morgan fingerprint density at radius 3 is 1.92 bits per heavy atom. The van der Waals surface area contributed by atoms with Crippen molar-refractivity contribution in [3.05, 3.63) is 0 Å². The molecule has 0 bridgehead atoms. The summed E-state index contributed by atoms with van der Waals surface area (Å²) in [4.78, 5) is 0. The third kappa shape index (κ3) is 4.06. The van der Waals surface area contributed by atoms with Crippen LogP contribution >= 0.6 is 0 Å². The zero-order valence-corrected chi connectivity index (χ0v) is 8.93. The van der Waals surface area contributed by atoms with Gasteiger partial charge in [-0.25, -0.2) is 0 Å². The fourth-order valence-electron chi connectivity index (χ4n) is 2.04. The van der Waals surface area contributed by atoms with Gasteiger partial charge in [0.1, 0.15) is 0 Å². The number of hydrogen-bond donors (Lipinski definition) is 1. The van der Waals surface area contributed by atoms with E-state index in [1.54, 1.807) is 0 Å². The third-order valence-electron chi connectivity index (χ3n) is 3.24. The molecule has 74 valence electrons. The van der Waals surface area contributed by atoms with Crippen LogP contribution in [0.1, 0.15) is 40.5 Å². The van der Waals surface area contributed by atoms with Gasteiger partial charge >= 0.3 is 18.9 Å². The molecule has 0 spiro atoms. The van der Waals surface area contributed by atoms with E-state index in [0.717, 1.165) is 23.8 Å². The fourth-order valence-corrected chi connectivity index (χ4v) is 2.04. The molecule has 0 radical (unpaired) electrons. The molecule has 1 aliphatic rings. The Morgan fingerprint density at radius 2 is 1.62 bits per heavy atom. The third-order valence-corrected chi connectivity index (χ3v) is 3.24. The molecule has 0 aromatic heterocycles. The van der Waals surface area contributed by atoms with Gasteiger partial charge in [-0.05, 0) is 37.1 Å². The quantitative estimate of drug-likeness (QED) is 0.636. The van der Waals surface area contributed by atoms with Crippen molar-refractivity contribution < 1.29 is 0 Å². The van der Waals surface area contributed by atoms with Crippen LogP contribution in [0.5, 0.6) is 0 Å². The Kier molecular flexibility index (Phi) is 6.38. The number of rotatable bonds is 2. The van der Waals surface area contributed by atoms with Crippen LogP contribution in [0.4, 0.5) is 0 Å². The van der Waals surface area contributed by atoms with E-state index >= 15 is 0 Å². The van der Waals surface area contributed by atoms with E-state index in [-0.39, 0.29) is 18.9 Å². The summed E-state index contributed by atoms with van der Waals surface area (Å²) in [6.07, 6.45) is 2.80. The van der Waals surface area contributed by atoms with Crippen molar-refractivity contribution in [2.24, 2.45) is 17.8 Å². The van der Waals surface area contributed by atoms with Crippen LogP contribution in [0.15, 0.2) is 0 Å². The fraction of sp³-hybridized carbons (Fsp3) is 1.00. The van der Waals surface area contributed by atoms with Crippen LogP contribution in [-0.4, -0.2) is 31.4 Å². The second-order valence-corrected chi connectivity index (χ2v) is 4.84. The zero-order chi connectivity index (χ0) is 9.14. The summed E-state index contributed by atoms with van der Waals surface area (Å²) in [5, 5.41) is 3.65. The van der Waals surface area contributed by atoms with Gasteiger partial charge in [-0.3, -0.25) is 0 Å². The minimum atomic E-state index is 0. The second-order valence-electron chi connectivity index (χ2n) is 4.84. The summed E-state index contributed by atoms with van der Waals surface area (Å²) in [7, 11) is 0. The molecule has 1 N–H and O–H groups in total. The van der Waals surface area contributed by atoms with E-state index in [1.807, 2.05) is 0 Å². The van der Waals surface area contributed by atoms with E-state index < -0.39 is 0 Å². The first-order chi connectivity index (χ1) is 5.61. The van der Waals surface area contributed by atoms with E-state index in [0.29, 0.717) is 0 Å². The molecule has 1 fully saturated rings. The Hall–Kier alpha value is 0.557. The van der Waals surface area contributed by atoms with Crippen molar-refractivity contribution in [2.75, 3.05) is 6.54 Å².